The van der Waals surface area contributed by atoms with Gasteiger partial charge in [-0.1, -0.05) is 91.0 Å². The van der Waals surface area contributed by atoms with Gasteiger partial charge in [-0.15, -0.1) is 0 Å². The second-order valence-electron chi connectivity index (χ2n) is 8.79. The van der Waals surface area contributed by atoms with Gasteiger partial charge < -0.3 is 9.64 Å². The number of rotatable bonds is 8. The van der Waals surface area contributed by atoms with Crippen LogP contribution in [-0.2, 0) is 19.9 Å². The molecule has 1 fully saturated rings. The van der Waals surface area contributed by atoms with Crippen LogP contribution in [0.25, 0.3) is 0 Å². The maximum atomic E-state index is 14.2. The van der Waals surface area contributed by atoms with Crippen molar-refractivity contribution in [3.05, 3.63) is 108 Å². The van der Waals surface area contributed by atoms with Gasteiger partial charge in [0.05, 0.1) is 13.0 Å². The summed E-state index contributed by atoms with van der Waals surface area (Å²) >= 11 is 0. The lowest BCUT2D eigenvalue weighted by molar-refractivity contribution is -0.147. The molecule has 3 aromatic rings. The summed E-state index contributed by atoms with van der Waals surface area (Å²) in [5.74, 6) is -0.927. The van der Waals surface area contributed by atoms with E-state index in [9.17, 15) is 14.4 Å². The number of amides is 3. The Bertz CT molecular complexity index is 1080. The zero-order valence-electron chi connectivity index (χ0n) is 20.3. The van der Waals surface area contributed by atoms with E-state index in [0.717, 1.165) is 16.7 Å². The van der Waals surface area contributed by atoms with Crippen molar-refractivity contribution in [3.8, 4) is 0 Å². The summed E-state index contributed by atoms with van der Waals surface area (Å²) in [4.78, 5) is 43.6. The van der Waals surface area contributed by atoms with Crippen molar-refractivity contribution in [2.45, 2.75) is 44.8 Å². The molecule has 1 aliphatic heterocycles. The van der Waals surface area contributed by atoms with Crippen molar-refractivity contribution in [1.29, 1.82) is 0 Å². The summed E-state index contributed by atoms with van der Waals surface area (Å²) in [5, 5.41) is 0. The number of urea groups is 1. The standard InChI is InChI=1S/C29H30N2O4/c1-4-35-26(32)20-25-27(33)31(28(34)30(25)21(2)3)29(22-14-8-5-9-15-22,23-16-10-6-11-17-23)24-18-12-7-13-19-24/h5-19,21,25H,4,20H2,1-3H3. The molecule has 35 heavy (non-hydrogen) atoms. The van der Waals surface area contributed by atoms with Gasteiger partial charge in [0, 0.05) is 6.04 Å². The molecule has 0 N–H and O–H groups in total. The first-order valence-electron chi connectivity index (χ1n) is 11.9. The third-order valence-electron chi connectivity index (χ3n) is 6.39. The summed E-state index contributed by atoms with van der Waals surface area (Å²) in [7, 11) is 0. The van der Waals surface area contributed by atoms with Gasteiger partial charge in [0.25, 0.3) is 5.91 Å². The van der Waals surface area contributed by atoms with Crippen LogP contribution in [0.4, 0.5) is 4.79 Å². The van der Waals surface area contributed by atoms with Crippen LogP contribution in [0.15, 0.2) is 91.0 Å². The van der Waals surface area contributed by atoms with E-state index in [4.69, 9.17) is 4.74 Å². The van der Waals surface area contributed by atoms with Gasteiger partial charge in [0.1, 0.15) is 11.6 Å². The lowest BCUT2D eigenvalue weighted by atomic mass is 9.75. The van der Waals surface area contributed by atoms with Crippen molar-refractivity contribution in [2.24, 2.45) is 0 Å². The number of benzene rings is 3. The van der Waals surface area contributed by atoms with Crippen LogP contribution in [0.1, 0.15) is 43.9 Å². The van der Waals surface area contributed by atoms with Crippen LogP contribution in [-0.4, -0.2) is 46.4 Å². The molecule has 3 amide bonds. The van der Waals surface area contributed by atoms with Crippen LogP contribution in [0.5, 0.6) is 0 Å². The molecule has 6 nitrogen and oxygen atoms in total. The first-order chi connectivity index (χ1) is 16.9. The largest absolute Gasteiger partial charge is 0.466 e. The van der Waals surface area contributed by atoms with Gasteiger partial charge in [-0.2, -0.15) is 0 Å². The normalized spacial score (nSPS) is 16.2. The highest BCUT2D eigenvalue weighted by Crippen LogP contribution is 2.46. The fourth-order valence-corrected chi connectivity index (χ4v) is 4.99. The van der Waals surface area contributed by atoms with Gasteiger partial charge >= 0.3 is 12.0 Å². The minimum absolute atomic E-state index is 0.193. The number of hydrogen-bond acceptors (Lipinski definition) is 4. The lowest BCUT2D eigenvalue weighted by Gasteiger charge is -2.42. The maximum absolute atomic E-state index is 14.2. The van der Waals surface area contributed by atoms with Gasteiger partial charge in [-0.25, -0.2) is 9.69 Å². The predicted octanol–water partition coefficient (Wildman–Crippen LogP) is 4.97. The summed E-state index contributed by atoms with van der Waals surface area (Å²) in [6, 6.07) is 27.0. The average Bonchev–Trinajstić information content (AvgIpc) is 3.12. The van der Waals surface area contributed by atoms with E-state index in [0.29, 0.717) is 0 Å². The molecule has 0 radical (unpaired) electrons. The van der Waals surface area contributed by atoms with E-state index in [1.165, 1.54) is 9.80 Å². The monoisotopic (exact) mass is 470 g/mol. The van der Waals surface area contributed by atoms with Gasteiger partial charge in [-0.3, -0.25) is 9.59 Å². The number of hydrogen-bond donors (Lipinski definition) is 0. The highest BCUT2D eigenvalue weighted by Gasteiger charge is 2.57. The second-order valence-corrected chi connectivity index (χ2v) is 8.79. The molecule has 0 bridgehead atoms. The Labute approximate surface area is 206 Å². The van der Waals surface area contributed by atoms with Crippen molar-refractivity contribution in [2.75, 3.05) is 6.61 Å². The van der Waals surface area contributed by atoms with Crippen LogP contribution in [0.2, 0.25) is 0 Å². The van der Waals surface area contributed by atoms with E-state index in [2.05, 4.69) is 0 Å². The topological polar surface area (TPSA) is 66.9 Å². The predicted molar refractivity (Wildman–Crippen MR) is 133 cm³/mol. The van der Waals surface area contributed by atoms with Gasteiger partial charge in [-0.05, 0) is 37.5 Å². The summed E-state index contributed by atoms with van der Waals surface area (Å²) < 4.78 is 5.14. The Kier molecular flexibility index (Phi) is 7.01. The number of ether oxygens (including phenoxy) is 1. The smallest absolute Gasteiger partial charge is 0.329 e. The van der Waals surface area contributed by atoms with Crippen molar-refractivity contribution < 1.29 is 19.1 Å². The molecule has 1 unspecified atom stereocenters. The average molecular weight is 471 g/mol. The molecule has 0 aliphatic carbocycles. The third kappa shape index (κ3) is 4.20. The molecule has 1 aliphatic rings. The molecule has 1 atom stereocenters. The Morgan fingerprint density at radius 2 is 1.26 bits per heavy atom. The SMILES string of the molecule is CCOC(=O)CC1C(=O)N(C(c2ccccc2)(c2ccccc2)c2ccccc2)C(=O)N1C(C)C. The van der Waals surface area contributed by atoms with Crippen LogP contribution in [0, 0.1) is 0 Å². The molecule has 180 valence electrons. The molecule has 1 heterocycles. The summed E-state index contributed by atoms with van der Waals surface area (Å²) in [6.45, 7) is 5.63. The lowest BCUT2D eigenvalue weighted by Crippen LogP contribution is -2.52. The minimum Gasteiger partial charge on any atom is -0.466 e. The molecule has 3 aromatic carbocycles. The van der Waals surface area contributed by atoms with E-state index < -0.39 is 29.5 Å². The fraction of sp³-hybridized carbons (Fsp3) is 0.276. The second kappa shape index (κ2) is 10.1. The zero-order chi connectivity index (χ0) is 25.0. The molecular formula is C29H30N2O4. The first kappa shape index (κ1) is 24.2. The Morgan fingerprint density at radius 3 is 1.63 bits per heavy atom. The highest BCUT2D eigenvalue weighted by molar-refractivity contribution is 6.07. The van der Waals surface area contributed by atoms with E-state index in [-0.39, 0.29) is 19.1 Å². The summed E-state index contributed by atoms with van der Waals surface area (Å²) in [5.41, 5.74) is 1.10. The van der Waals surface area contributed by atoms with E-state index in [1.54, 1.807) is 6.92 Å². The molecule has 0 spiro atoms. The van der Waals surface area contributed by atoms with Crippen LogP contribution in [0.3, 0.4) is 0 Å². The third-order valence-corrected chi connectivity index (χ3v) is 6.39. The number of nitrogens with zero attached hydrogens (tertiary/aromatic N) is 2. The Morgan fingerprint density at radius 1 is 0.829 bits per heavy atom. The quantitative estimate of drug-likeness (QED) is 0.265. The van der Waals surface area contributed by atoms with Crippen molar-refractivity contribution in [3.63, 3.8) is 0 Å². The summed E-state index contributed by atoms with van der Waals surface area (Å²) in [6.07, 6.45) is -0.193. The Balaban J connectivity index is 2.00. The highest BCUT2D eigenvalue weighted by atomic mass is 16.5. The minimum atomic E-state index is -1.23. The van der Waals surface area contributed by atoms with E-state index >= 15 is 0 Å². The number of carbonyl (C=O) groups is 3. The van der Waals surface area contributed by atoms with Crippen LogP contribution < -0.4 is 0 Å². The van der Waals surface area contributed by atoms with Crippen molar-refractivity contribution in [1.82, 2.24) is 9.80 Å². The number of esters is 1. The molecule has 6 heteroatoms. The number of carbonyl (C=O) groups excluding carboxylic acids is 3. The van der Waals surface area contributed by atoms with Gasteiger partial charge in [0.2, 0.25) is 0 Å². The maximum Gasteiger partial charge on any atom is 0.329 e. The fourth-order valence-electron chi connectivity index (χ4n) is 4.99. The molecule has 0 saturated carbocycles. The van der Waals surface area contributed by atoms with E-state index in [1.807, 2.05) is 105 Å². The number of imide groups is 1. The molecular weight excluding hydrogens is 440 g/mol. The zero-order valence-corrected chi connectivity index (χ0v) is 20.3. The van der Waals surface area contributed by atoms with Crippen molar-refractivity contribution >= 4 is 17.9 Å². The molecule has 4 rings (SSSR count). The Hall–Kier alpha value is -3.93. The van der Waals surface area contributed by atoms with Gasteiger partial charge in [0.15, 0.2) is 0 Å². The van der Waals surface area contributed by atoms with Crippen LogP contribution >= 0.6 is 0 Å². The molecule has 0 aromatic heterocycles. The molecule has 1 saturated heterocycles. The first-order valence-corrected chi connectivity index (χ1v) is 11.9.